The molecular formula is C23H29NO4. The Morgan fingerprint density at radius 1 is 1.07 bits per heavy atom. The van der Waals surface area contributed by atoms with E-state index in [4.69, 9.17) is 14.2 Å². The van der Waals surface area contributed by atoms with Gasteiger partial charge in [-0.15, -0.1) is 0 Å². The van der Waals surface area contributed by atoms with Crippen molar-refractivity contribution in [3.8, 4) is 11.5 Å². The lowest BCUT2D eigenvalue weighted by Gasteiger charge is -2.38. The molecule has 0 N–H and O–H groups in total. The monoisotopic (exact) mass is 383 g/mol. The minimum Gasteiger partial charge on any atom is -0.493 e. The summed E-state index contributed by atoms with van der Waals surface area (Å²) in [6, 6.07) is 14.3. The molecule has 0 saturated carbocycles. The molecule has 0 radical (unpaired) electrons. The van der Waals surface area contributed by atoms with Gasteiger partial charge < -0.3 is 14.2 Å². The number of hydrogen-bond acceptors (Lipinski definition) is 5. The summed E-state index contributed by atoms with van der Waals surface area (Å²) in [5, 5.41) is 0. The van der Waals surface area contributed by atoms with E-state index in [0.29, 0.717) is 5.75 Å². The highest BCUT2D eigenvalue weighted by atomic mass is 16.6. The average molecular weight is 383 g/mol. The fourth-order valence-electron chi connectivity index (χ4n) is 3.73. The van der Waals surface area contributed by atoms with Crippen LogP contribution in [0.25, 0.3) is 0 Å². The van der Waals surface area contributed by atoms with E-state index in [1.165, 1.54) is 5.56 Å². The van der Waals surface area contributed by atoms with Crippen molar-refractivity contribution in [3.05, 3.63) is 59.2 Å². The molecule has 150 valence electrons. The van der Waals surface area contributed by atoms with Gasteiger partial charge in [0.2, 0.25) is 0 Å². The molecule has 28 heavy (non-hydrogen) atoms. The molecule has 1 heterocycles. The van der Waals surface area contributed by atoms with E-state index in [1.807, 2.05) is 45.0 Å². The Labute approximate surface area is 167 Å². The van der Waals surface area contributed by atoms with Crippen molar-refractivity contribution in [3.63, 3.8) is 0 Å². The summed E-state index contributed by atoms with van der Waals surface area (Å²) in [6.45, 7) is 6.68. The summed E-state index contributed by atoms with van der Waals surface area (Å²) in [5.41, 5.74) is 2.99. The minimum absolute atomic E-state index is 0.0442. The number of ether oxygens (including phenoxy) is 3. The second-order valence-corrected chi connectivity index (χ2v) is 8.03. The molecular weight excluding hydrogens is 354 g/mol. The predicted molar refractivity (Wildman–Crippen MR) is 109 cm³/mol. The maximum absolute atomic E-state index is 12.5. The number of benzene rings is 2. The Bertz CT molecular complexity index is 826. The second-order valence-electron chi connectivity index (χ2n) is 8.03. The van der Waals surface area contributed by atoms with E-state index in [2.05, 4.69) is 23.1 Å². The van der Waals surface area contributed by atoms with Crippen LogP contribution in [-0.4, -0.2) is 43.8 Å². The number of nitrogens with zero attached hydrogens (tertiary/aromatic N) is 1. The molecule has 0 bridgehead atoms. The number of fused-ring (bicyclic) bond motifs is 1. The Hall–Kier alpha value is -2.53. The number of esters is 1. The van der Waals surface area contributed by atoms with Crippen molar-refractivity contribution in [2.24, 2.45) is 0 Å². The lowest BCUT2D eigenvalue weighted by atomic mass is 9.87. The van der Waals surface area contributed by atoms with Gasteiger partial charge in [-0.1, -0.05) is 30.3 Å². The maximum atomic E-state index is 12.5. The summed E-state index contributed by atoms with van der Waals surface area (Å²) >= 11 is 0. The zero-order valence-corrected chi connectivity index (χ0v) is 17.3. The van der Waals surface area contributed by atoms with Crippen LogP contribution in [0.15, 0.2) is 42.5 Å². The van der Waals surface area contributed by atoms with Crippen molar-refractivity contribution in [2.75, 3.05) is 27.3 Å². The van der Waals surface area contributed by atoms with E-state index < -0.39 is 5.60 Å². The predicted octanol–water partition coefficient (Wildman–Crippen LogP) is 3.99. The number of rotatable bonds is 5. The summed E-state index contributed by atoms with van der Waals surface area (Å²) in [7, 11) is 3.29. The van der Waals surface area contributed by atoms with Gasteiger partial charge in [-0.2, -0.15) is 0 Å². The van der Waals surface area contributed by atoms with Crippen molar-refractivity contribution in [1.82, 2.24) is 4.90 Å². The Kier molecular flexibility index (Phi) is 5.94. The van der Waals surface area contributed by atoms with Gasteiger partial charge in [0, 0.05) is 6.54 Å². The summed E-state index contributed by atoms with van der Waals surface area (Å²) in [6.07, 6.45) is 0.835. The quantitative estimate of drug-likeness (QED) is 0.731. The first-order chi connectivity index (χ1) is 13.3. The normalized spacial score (nSPS) is 17.0. The fourth-order valence-corrected chi connectivity index (χ4v) is 3.73. The van der Waals surface area contributed by atoms with Gasteiger partial charge in [-0.25, -0.2) is 0 Å². The molecule has 1 aliphatic rings. The summed E-state index contributed by atoms with van der Waals surface area (Å²) in [4.78, 5) is 14.7. The molecule has 0 fully saturated rings. The molecule has 2 aromatic carbocycles. The third kappa shape index (κ3) is 4.47. The van der Waals surface area contributed by atoms with Gasteiger partial charge in [-0.05, 0) is 56.0 Å². The highest BCUT2D eigenvalue weighted by Crippen LogP contribution is 2.40. The number of hydrogen-bond donors (Lipinski definition) is 0. The highest BCUT2D eigenvalue weighted by Gasteiger charge is 2.32. The van der Waals surface area contributed by atoms with E-state index in [0.717, 1.165) is 29.8 Å². The minimum atomic E-state index is -0.496. The van der Waals surface area contributed by atoms with E-state index >= 15 is 0 Å². The topological polar surface area (TPSA) is 48.0 Å². The Morgan fingerprint density at radius 3 is 2.32 bits per heavy atom. The van der Waals surface area contributed by atoms with Gasteiger partial charge >= 0.3 is 5.97 Å². The molecule has 0 amide bonds. The van der Waals surface area contributed by atoms with Gasteiger partial charge in [0.15, 0.2) is 11.5 Å². The van der Waals surface area contributed by atoms with Crippen LogP contribution in [0.1, 0.15) is 43.5 Å². The van der Waals surface area contributed by atoms with Gasteiger partial charge in [0.05, 0.1) is 26.8 Å². The molecule has 0 spiro atoms. The fraction of sp³-hybridized carbons (Fsp3) is 0.435. The standard InChI is InChI=1S/C23H29NO4/c1-23(2,3)28-21(25)15-24-12-11-17-13-19(26-4)20(27-5)14-18(17)22(24)16-9-7-6-8-10-16/h6-10,13-14,22H,11-12,15H2,1-5H3. The van der Waals surface area contributed by atoms with Crippen LogP contribution < -0.4 is 9.47 Å². The van der Waals surface area contributed by atoms with Crippen LogP contribution in [0.4, 0.5) is 0 Å². The molecule has 0 saturated heterocycles. The molecule has 1 atom stereocenters. The summed E-state index contributed by atoms with van der Waals surface area (Å²) in [5.74, 6) is 1.22. The molecule has 0 aromatic heterocycles. The number of methoxy groups -OCH3 is 2. The molecule has 5 nitrogen and oxygen atoms in total. The Morgan fingerprint density at radius 2 is 1.71 bits per heavy atom. The van der Waals surface area contributed by atoms with E-state index in [-0.39, 0.29) is 18.6 Å². The summed E-state index contributed by atoms with van der Waals surface area (Å²) < 4.78 is 16.6. The van der Waals surface area contributed by atoms with Crippen LogP contribution in [-0.2, 0) is 16.0 Å². The van der Waals surface area contributed by atoms with Crippen molar-refractivity contribution in [2.45, 2.75) is 38.8 Å². The molecule has 5 heteroatoms. The van der Waals surface area contributed by atoms with Crippen LogP contribution >= 0.6 is 0 Å². The SMILES string of the molecule is COc1cc2c(cc1OC)C(c1ccccc1)N(CC(=O)OC(C)(C)C)CC2. The average Bonchev–Trinajstić information content (AvgIpc) is 2.65. The smallest absolute Gasteiger partial charge is 0.320 e. The largest absolute Gasteiger partial charge is 0.493 e. The Balaban J connectivity index is 2.00. The molecule has 3 rings (SSSR count). The zero-order chi connectivity index (χ0) is 20.3. The molecule has 2 aromatic rings. The van der Waals surface area contributed by atoms with Gasteiger partial charge in [0.25, 0.3) is 0 Å². The molecule has 1 unspecified atom stereocenters. The zero-order valence-electron chi connectivity index (χ0n) is 17.3. The van der Waals surface area contributed by atoms with Crippen LogP contribution in [0, 0.1) is 0 Å². The number of carbonyl (C=O) groups excluding carboxylic acids is 1. The first kappa shape index (κ1) is 20.2. The first-order valence-corrected chi connectivity index (χ1v) is 9.58. The lowest BCUT2D eigenvalue weighted by Crippen LogP contribution is -2.41. The third-order valence-electron chi connectivity index (χ3n) is 4.84. The van der Waals surface area contributed by atoms with Crippen LogP contribution in [0.2, 0.25) is 0 Å². The maximum Gasteiger partial charge on any atom is 0.320 e. The number of carbonyl (C=O) groups is 1. The first-order valence-electron chi connectivity index (χ1n) is 9.58. The third-order valence-corrected chi connectivity index (χ3v) is 4.84. The van der Waals surface area contributed by atoms with Crippen molar-refractivity contribution >= 4 is 5.97 Å². The lowest BCUT2D eigenvalue weighted by molar-refractivity contribution is -0.156. The molecule has 1 aliphatic heterocycles. The second kappa shape index (κ2) is 8.23. The van der Waals surface area contributed by atoms with Crippen LogP contribution in [0.5, 0.6) is 11.5 Å². The van der Waals surface area contributed by atoms with Crippen molar-refractivity contribution in [1.29, 1.82) is 0 Å². The van der Waals surface area contributed by atoms with Crippen LogP contribution in [0.3, 0.4) is 0 Å². The highest BCUT2D eigenvalue weighted by molar-refractivity contribution is 5.72. The van der Waals surface area contributed by atoms with Gasteiger partial charge in [0.1, 0.15) is 5.60 Å². The van der Waals surface area contributed by atoms with E-state index in [9.17, 15) is 4.79 Å². The van der Waals surface area contributed by atoms with Crippen molar-refractivity contribution < 1.29 is 19.0 Å². The molecule has 0 aliphatic carbocycles. The van der Waals surface area contributed by atoms with Gasteiger partial charge in [-0.3, -0.25) is 9.69 Å². The van der Waals surface area contributed by atoms with E-state index in [1.54, 1.807) is 14.2 Å².